The first kappa shape index (κ1) is 14.7. The summed E-state index contributed by atoms with van der Waals surface area (Å²) < 4.78 is 10.9. The first-order chi connectivity index (χ1) is 10.2. The van der Waals surface area contributed by atoms with Crippen LogP contribution in [0.3, 0.4) is 0 Å². The van der Waals surface area contributed by atoms with E-state index in [0.29, 0.717) is 29.5 Å². The molecule has 2 aromatic carbocycles. The van der Waals surface area contributed by atoms with Crippen molar-refractivity contribution in [3.63, 3.8) is 0 Å². The molecule has 0 radical (unpaired) electrons. The Morgan fingerprint density at radius 1 is 1.05 bits per heavy atom. The van der Waals surface area contributed by atoms with Gasteiger partial charge in [-0.25, -0.2) is 0 Å². The highest BCUT2D eigenvalue weighted by Crippen LogP contribution is 2.26. The van der Waals surface area contributed by atoms with Crippen molar-refractivity contribution in [2.24, 2.45) is 0 Å². The number of nitrogens with one attached hydrogen (secondary N) is 1. The number of carbonyl (C=O) groups is 1. The maximum absolute atomic E-state index is 11.8. The summed E-state index contributed by atoms with van der Waals surface area (Å²) in [5, 5.41) is 2.73. The molecule has 0 saturated heterocycles. The highest BCUT2D eigenvalue weighted by molar-refractivity contribution is 5.92. The van der Waals surface area contributed by atoms with E-state index in [1.807, 2.05) is 19.1 Å². The largest absolute Gasteiger partial charge is 0.490 e. The van der Waals surface area contributed by atoms with Crippen LogP contribution in [0.4, 0.5) is 11.4 Å². The van der Waals surface area contributed by atoms with Crippen LogP contribution in [0.2, 0.25) is 0 Å². The number of hydrogen-bond donors (Lipinski definition) is 2. The highest BCUT2D eigenvalue weighted by atomic mass is 16.5. The smallest absolute Gasteiger partial charge is 0.262 e. The van der Waals surface area contributed by atoms with E-state index in [9.17, 15) is 4.79 Å². The third kappa shape index (κ3) is 4.42. The fraction of sp³-hybridized carbons (Fsp3) is 0.188. The molecule has 5 heteroatoms. The minimum atomic E-state index is -0.244. The molecule has 0 aliphatic rings. The Labute approximate surface area is 123 Å². The second-order valence-electron chi connectivity index (χ2n) is 4.34. The molecule has 1 amide bonds. The summed E-state index contributed by atoms with van der Waals surface area (Å²) in [5.74, 6) is 0.929. The Morgan fingerprint density at radius 2 is 1.67 bits per heavy atom. The van der Waals surface area contributed by atoms with Crippen molar-refractivity contribution >= 4 is 17.3 Å². The molecule has 2 rings (SSSR count). The normalized spacial score (nSPS) is 9.95. The van der Waals surface area contributed by atoms with Crippen LogP contribution in [0.1, 0.15) is 6.92 Å². The lowest BCUT2D eigenvalue weighted by atomic mass is 10.3. The van der Waals surface area contributed by atoms with Gasteiger partial charge in [0.15, 0.2) is 18.1 Å². The SMILES string of the molecule is CCOc1ccccc1OCC(=O)Nc1ccc(N)cc1. The van der Waals surface area contributed by atoms with Crippen LogP contribution in [0, 0.1) is 0 Å². The number of ether oxygens (including phenoxy) is 2. The molecular formula is C16H18N2O3. The van der Waals surface area contributed by atoms with E-state index in [-0.39, 0.29) is 12.5 Å². The van der Waals surface area contributed by atoms with E-state index < -0.39 is 0 Å². The molecule has 110 valence electrons. The number of benzene rings is 2. The summed E-state index contributed by atoms with van der Waals surface area (Å²) in [6, 6.07) is 14.2. The molecule has 0 saturated carbocycles. The number of para-hydroxylation sites is 2. The van der Waals surface area contributed by atoms with E-state index in [4.69, 9.17) is 15.2 Å². The first-order valence-corrected chi connectivity index (χ1v) is 6.69. The summed E-state index contributed by atoms with van der Waals surface area (Å²) in [6.07, 6.45) is 0. The summed E-state index contributed by atoms with van der Waals surface area (Å²) in [5.41, 5.74) is 6.91. The standard InChI is InChI=1S/C16H18N2O3/c1-2-20-14-5-3-4-6-15(14)21-11-16(19)18-13-9-7-12(17)8-10-13/h3-10H,2,11,17H2,1H3,(H,18,19). The number of anilines is 2. The molecule has 0 spiro atoms. The van der Waals surface area contributed by atoms with Crippen LogP contribution >= 0.6 is 0 Å². The average molecular weight is 286 g/mol. The van der Waals surface area contributed by atoms with E-state index in [2.05, 4.69) is 5.32 Å². The Balaban J connectivity index is 1.90. The fourth-order valence-corrected chi connectivity index (χ4v) is 1.75. The van der Waals surface area contributed by atoms with Gasteiger partial charge in [0.05, 0.1) is 6.61 Å². The molecule has 0 aromatic heterocycles. The van der Waals surface area contributed by atoms with Gasteiger partial charge in [-0.3, -0.25) is 4.79 Å². The summed E-state index contributed by atoms with van der Waals surface area (Å²) in [6.45, 7) is 2.34. The molecule has 21 heavy (non-hydrogen) atoms. The van der Waals surface area contributed by atoms with Gasteiger partial charge >= 0.3 is 0 Å². The second kappa shape index (κ2) is 7.19. The Bertz CT molecular complexity index is 597. The molecule has 2 aromatic rings. The Kier molecular flexibility index (Phi) is 5.04. The van der Waals surface area contributed by atoms with Crippen molar-refractivity contribution in [1.82, 2.24) is 0 Å². The van der Waals surface area contributed by atoms with Gasteiger partial charge in [-0.2, -0.15) is 0 Å². The van der Waals surface area contributed by atoms with Crippen LogP contribution in [0.25, 0.3) is 0 Å². The Hall–Kier alpha value is -2.69. The third-order valence-electron chi connectivity index (χ3n) is 2.70. The molecule has 0 aliphatic carbocycles. The van der Waals surface area contributed by atoms with Crippen molar-refractivity contribution in [2.45, 2.75) is 6.92 Å². The molecule has 0 bridgehead atoms. The van der Waals surface area contributed by atoms with Crippen LogP contribution in [-0.2, 0) is 4.79 Å². The van der Waals surface area contributed by atoms with E-state index >= 15 is 0 Å². The van der Waals surface area contributed by atoms with Crippen LogP contribution in [0.15, 0.2) is 48.5 Å². The van der Waals surface area contributed by atoms with Crippen molar-refractivity contribution < 1.29 is 14.3 Å². The highest BCUT2D eigenvalue weighted by Gasteiger charge is 2.07. The molecular weight excluding hydrogens is 268 g/mol. The van der Waals surface area contributed by atoms with Crippen molar-refractivity contribution in [1.29, 1.82) is 0 Å². The van der Waals surface area contributed by atoms with Gasteiger partial charge in [-0.15, -0.1) is 0 Å². The third-order valence-corrected chi connectivity index (χ3v) is 2.70. The lowest BCUT2D eigenvalue weighted by Gasteiger charge is -2.11. The number of rotatable bonds is 6. The lowest BCUT2D eigenvalue weighted by molar-refractivity contribution is -0.118. The van der Waals surface area contributed by atoms with Gasteiger partial charge in [0.1, 0.15) is 0 Å². The summed E-state index contributed by atoms with van der Waals surface area (Å²) in [4.78, 5) is 11.8. The minimum absolute atomic E-state index is 0.0888. The molecule has 3 N–H and O–H groups in total. The topological polar surface area (TPSA) is 73.6 Å². The quantitative estimate of drug-likeness (QED) is 0.801. The number of hydrogen-bond acceptors (Lipinski definition) is 4. The van der Waals surface area contributed by atoms with Crippen molar-refractivity contribution in [2.75, 3.05) is 24.3 Å². The summed E-state index contributed by atoms with van der Waals surface area (Å²) >= 11 is 0. The fourth-order valence-electron chi connectivity index (χ4n) is 1.75. The number of nitrogen functional groups attached to an aromatic ring is 1. The molecule has 0 heterocycles. The number of carbonyl (C=O) groups excluding carboxylic acids is 1. The van der Waals surface area contributed by atoms with Crippen molar-refractivity contribution in [3.05, 3.63) is 48.5 Å². The van der Waals surface area contributed by atoms with Crippen molar-refractivity contribution in [3.8, 4) is 11.5 Å². The second-order valence-corrected chi connectivity index (χ2v) is 4.34. The predicted molar refractivity (Wildman–Crippen MR) is 82.6 cm³/mol. The Morgan fingerprint density at radius 3 is 2.29 bits per heavy atom. The van der Waals surface area contributed by atoms with Gasteiger partial charge in [0, 0.05) is 11.4 Å². The zero-order valence-corrected chi connectivity index (χ0v) is 11.8. The predicted octanol–water partition coefficient (Wildman–Crippen LogP) is 2.68. The molecule has 0 unspecified atom stereocenters. The number of amides is 1. The number of nitrogens with two attached hydrogens (primary N) is 1. The van der Waals surface area contributed by atoms with Gasteiger partial charge in [-0.05, 0) is 43.3 Å². The lowest BCUT2D eigenvalue weighted by Crippen LogP contribution is -2.20. The molecule has 0 aliphatic heterocycles. The minimum Gasteiger partial charge on any atom is -0.490 e. The monoisotopic (exact) mass is 286 g/mol. The van der Waals surface area contributed by atoms with Crippen LogP contribution in [-0.4, -0.2) is 19.1 Å². The molecule has 0 fully saturated rings. The molecule has 0 atom stereocenters. The van der Waals surface area contributed by atoms with Gasteiger partial charge in [-0.1, -0.05) is 12.1 Å². The van der Waals surface area contributed by atoms with E-state index in [1.54, 1.807) is 36.4 Å². The zero-order valence-electron chi connectivity index (χ0n) is 11.8. The average Bonchev–Trinajstić information content (AvgIpc) is 2.49. The van der Waals surface area contributed by atoms with E-state index in [1.165, 1.54) is 0 Å². The first-order valence-electron chi connectivity index (χ1n) is 6.69. The maximum Gasteiger partial charge on any atom is 0.262 e. The van der Waals surface area contributed by atoms with Gasteiger partial charge < -0.3 is 20.5 Å². The van der Waals surface area contributed by atoms with Gasteiger partial charge in [0.2, 0.25) is 0 Å². The summed E-state index contributed by atoms with van der Waals surface area (Å²) in [7, 11) is 0. The van der Waals surface area contributed by atoms with Crippen LogP contribution in [0.5, 0.6) is 11.5 Å². The van der Waals surface area contributed by atoms with Crippen LogP contribution < -0.4 is 20.5 Å². The van der Waals surface area contributed by atoms with E-state index in [0.717, 1.165) is 0 Å². The molecule has 5 nitrogen and oxygen atoms in total. The van der Waals surface area contributed by atoms with Gasteiger partial charge in [0.25, 0.3) is 5.91 Å². The maximum atomic E-state index is 11.8. The zero-order chi connectivity index (χ0) is 15.1.